The minimum atomic E-state index is -4.81. The van der Waals surface area contributed by atoms with Crippen molar-refractivity contribution in [3.8, 4) is 0 Å². The van der Waals surface area contributed by atoms with E-state index in [-0.39, 0.29) is 28.9 Å². The molecule has 2 amide bonds. The number of nitrogens with zero attached hydrogens (tertiary/aromatic N) is 2. The van der Waals surface area contributed by atoms with Crippen LogP contribution in [-0.2, 0) is 38.8 Å². The number of sulfonamides is 1. The third-order valence-electron chi connectivity index (χ3n) is 6.53. The highest BCUT2D eigenvalue weighted by atomic mass is 35.5. The van der Waals surface area contributed by atoms with Crippen LogP contribution in [-0.4, -0.2) is 50.5 Å². The lowest BCUT2D eigenvalue weighted by Gasteiger charge is -2.34. The molecule has 0 fully saturated rings. The van der Waals surface area contributed by atoms with E-state index in [1.807, 2.05) is 13.8 Å². The number of amides is 2. The Morgan fingerprint density at radius 3 is 2.16 bits per heavy atom. The van der Waals surface area contributed by atoms with Gasteiger partial charge in [-0.1, -0.05) is 85.0 Å². The molecule has 1 atom stereocenters. The molecule has 0 saturated heterocycles. The number of hydrogen-bond donors (Lipinski definition) is 1. The van der Waals surface area contributed by atoms with Gasteiger partial charge in [0.25, 0.3) is 0 Å². The summed E-state index contributed by atoms with van der Waals surface area (Å²) in [7, 11) is -4.35. The number of hydrogen-bond acceptors (Lipinski definition) is 4. The van der Waals surface area contributed by atoms with E-state index < -0.39 is 51.9 Å². The molecule has 0 saturated carbocycles. The number of rotatable bonds is 12. The fourth-order valence-electron chi connectivity index (χ4n) is 4.28. The molecule has 0 aliphatic carbocycles. The van der Waals surface area contributed by atoms with Crippen LogP contribution in [0.5, 0.6) is 0 Å². The maximum absolute atomic E-state index is 14.1. The molecule has 14 heteroatoms. The summed E-state index contributed by atoms with van der Waals surface area (Å²) < 4.78 is 67.0. The van der Waals surface area contributed by atoms with Crippen molar-refractivity contribution in [2.75, 3.05) is 23.7 Å². The van der Waals surface area contributed by atoms with E-state index in [4.69, 9.17) is 34.8 Å². The average Bonchev–Trinajstić information content (AvgIpc) is 2.93. The molecule has 0 spiro atoms. The van der Waals surface area contributed by atoms with Gasteiger partial charge in [-0.25, -0.2) is 8.42 Å². The molecule has 7 nitrogen and oxygen atoms in total. The normalized spacial score (nSPS) is 12.6. The van der Waals surface area contributed by atoms with Gasteiger partial charge in [0.15, 0.2) is 0 Å². The van der Waals surface area contributed by atoms with Crippen molar-refractivity contribution in [2.45, 2.75) is 39.0 Å². The predicted octanol–water partition coefficient (Wildman–Crippen LogP) is 6.84. The molecule has 0 heterocycles. The van der Waals surface area contributed by atoms with Gasteiger partial charge in [0.05, 0.1) is 22.5 Å². The Labute approximate surface area is 269 Å². The number of anilines is 1. The number of carbonyl (C=O) groups excluding carboxylic acids is 2. The van der Waals surface area contributed by atoms with E-state index >= 15 is 0 Å². The minimum Gasteiger partial charge on any atom is -0.354 e. The maximum atomic E-state index is 14.1. The lowest BCUT2D eigenvalue weighted by atomic mass is 10.0. The van der Waals surface area contributed by atoms with Crippen LogP contribution in [0.2, 0.25) is 15.1 Å². The number of halogens is 6. The van der Waals surface area contributed by atoms with Gasteiger partial charge in [0.1, 0.15) is 12.6 Å². The molecule has 3 rings (SSSR count). The molecular weight excluding hydrogens is 662 g/mol. The maximum Gasteiger partial charge on any atom is 0.416 e. The summed E-state index contributed by atoms with van der Waals surface area (Å²) in [5, 5.41) is 3.03. The van der Waals surface area contributed by atoms with E-state index in [2.05, 4.69) is 5.32 Å². The highest BCUT2D eigenvalue weighted by Gasteiger charge is 2.36. The lowest BCUT2D eigenvalue weighted by molar-refractivity contribution is -0.140. The van der Waals surface area contributed by atoms with E-state index in [1.165, 1.54) is 6.07 Å². The fourth-order valence-corrected chi connectivity index (χ4v) is 5.88. The van der Waals surface area contributed by atoms with Gasteiger partial charge in [-0.15, -0.1) is 0 Å². The third-order valence-corrected chi connectivity index (χ3v) is 8.57. The van der Waals surface area contributed by atoms with Crippen molar-refractivity contribution in [3.63, 3.8) is 0 Å². The van der Waals surface area contributed by atoms with Gasteiger partial charge >= 0.3 is 6.18 Å². The summed E-state index contributed by atoms with van der Waals surface area (Å²) in [4.78, 5) is 28.9. The summed E-state index contributed by atoms with van der Waals surface area (Å²) in [6, 6.07) is 14.4. The molecule has 44 heavy (non-hydrogen) atoms. The Hall–Kier alpha value is -2.99. The van der Waals surface area contributed by atoms with Crippen molar-refractivity contribution in [1.29, 1.82) is 0 Å². The molecule has 0 aliphatic heterocycles. The van der Waals surface area contributed by atoms with E-state index in [0.29, 0.717) is 39.1 Å². The number of carbonyl (C=O) groups is 2. The summed E-state index contributed by atoms with van der Waals surface area (Å²) in [5.41, 5.74) is -0.580. The van der Waals surface area contributed by atoms with Crippen LogP contribution in [0.25, 0.3) is 0 Å². The first-order valence-corrected chi connectivity index (χ1v) is 16.3. The number of alkyl halides is 3. The van der Waals surface area contributed by atoms with Crippen LogP contribution in [0.1, 0.15) is 30.5 Å². The summed E-state index contributed by atoms with van der Waals surface area (Å²) >= 11 is 18.7. The van der Waals surface area contributed by atoms with Gasteiger partial charge in [-0.3, -0.25) is 13.9 Å². The zero-order valence-electron chi connectivity index (χ0n) is 24.0. The van der Waals surface area contributed by atoms with Crippen molar-refractivity contribution >= 4 is 62.3 Å². The van der Waals surface area contributed by atoms with Crippen LogP contribution in [0.4, 0.5) is 18.9 Å². The third kappa shape index (κ3) is 9.76. The Morgan fingerprint density at radius 1 is 0.932 bits per heavy atom. The molecule has 0 aromatic heterocycles. The Balaban J connectivity index is 2.14. The standard InChI is InChI=1S/C30H31Cl3F3N3O4S/c1-19(2)16-37-29(41)27(13-20-7-5-4-6-8-20)38(17-21-9-11-23(31)15-25(21)33)28(40)18-39(44(3,42)43)26-14-22(30(34,35)36)10-12-24(26)32/h4-12,14-15,19,27H,13,16-18H2,1-3H3,(H,37,41). The molecule has 0 aliphatic rings. The van der Waals surface area contributed by atoms with Crippen molar-refractivity contribution in [2.24, 2.45) is 5.92 Å². The second kappa shape index (κ2) is 14.9. The van der Waals surface area contributed by atoms with Crippen LogP contribution in [0.3, 0.4) is 0 Å². The zero-order valence-corrected chi connectivity index (χ0v) is 27.1. The minimum absolute atomic E-state index is 0.0465. The molecule has 1 N–H and O–H groups in total. The molecule has 3 aromatic carbocycles. The van der Waals surface area contributed by atoms with Crippen LogP contribution in [0.15, 0.2) is 66.7 Å². The Bertz CT molecular complexity index is 1590. The Kier molecular flexibility index (Phi) is 12.0. The van der Waals surface area contributed by atoms with Crippen LogP contribution >= 0.6 is 34.8 Å². The SMILES string of the molecule is CC(C)CNC(=O)C(Cc1ccccc1)N(Cc1ccc(Cl)cc1Cl)C(=O)CN(c1cc(C(F)(F)F)ccc1Cl)S(C)(=O)=O. The first kappa shape index (κ1) is 35.5. The number of nitrogens with one attached hydrogen (secondary N) is 1. The van der Waals surface area contributed by atoms with Gasteiger partial charge in [0, 0.05) is 29.6 Å². The summed E-state index contributed by atoms with van der Waals surface area (Å²) in [6.45, 7) is 2.89. The second-order valence-electron chi connectivity index (χ2n) is 10.5. The zero-order chi connectivity index (χ0) is 32.8. The van der Waals surface area contributed by atoms with Gasteiger partial charge in [0.2, 0.25) is 21.8 Å². The highest BCUT2D eigenvalue weighted by Crippen LogP contribution is 2.36. The molecular formula is C30H31Cl3F3N3O4S. The molecule has 0 bridgehead atoms. The molecule has 238 valence electrons. The van der Waals surface area contributed by atoms with Crippen LogP contribution < -0.4 is 9.62 Å². The van der Waals surface area contributed by atoms with Crippen molar-refractivity contribution in [3.05, 3.63) is 98.5 Å². The van der Waals surface area contributed by atoms with E-state index in [0.717, 1.165) is 17.2 Å². The molecule has 0 radical (unpaired) electrons. The highest BCUT2D eigenvalue weighted by molar-refractivity contribution is 7.92. The van der Waals surface area contributed by atoms with Crippen molar-refractivity contribution in [1.82, 2.24) is 10.2 Å². The first-order valence-electron chi connectivity index (χ1n) is 13.4. The monoisotopic (exact) mass is 691 g/mol. The largest absolute Gasteiger partial charge is 0.416 e. The quantitative estimate of drug-likeness (QED) is 0.225. The Morgan fingerprint density at radius 2 is 1.59 bits per heavy atom. The lowest BCUT2D eigenvalue weighted by Crippen LogP contribution is -2.53. The smallest absolute Gasteiger partial charge is 0.354 e. The van der Waals surface area contributed by atoms with Crippen molar-refractivity contribution < 1.29 is 31.2 Å². The predicted molar refractivity (Wildman–Crippen MR) is 167 cm³/mol. The van der Waals surface area contributed by atoms with Gasteiger partial charge in [-0.2, -0.15) is 13.2 Å². The fraction of sp³-hybridized carbons (Fsp3) is 0.333. The van der Waals surface area contributed by atoms with Gasteiger partial charge in [-0.05, 0) is 47.4 Å². The summed E-state index contributed by atoms with van der Waals surface area (Å²) in [6.07, 6.45) is -4.02. The molecule has 1 unspecified atom stereocenters. The van der Waals surface area contributed by atoms with Crippen LogP contribution in [0, 0.1) is 5.92 Å². The molecule has 3 aromatic rings. The van der Waals surface area contributed by atoms with E-state index in [1.54, 1.807) is 42.5 Å². The first-order chi connectivity index (χ1) is 20.5. The second-order valence-corrected chi connectivity index (χ2v) is 13.7. The number of benzene rings is 3. The van der Waals surface area contributed by atoms with E-state index in [9.17, 15) is 31.2 Å². The van der Waals surface area contributed by atoms with Gasteiger partial charge < -0.3 is 10.2 Å². The topological polar surface area (TPSA) is 86.8 Å². The average molecular weight is 693 g/mol. The summed E-state index contributed by atoms with van der Waals surface area (Å²) in [5.74, 6) is -1.31.